The molecule has 0 aliphatic rings. The smallest absolute Gasteiger partial charge is 0.271 e. The van der Waals surface area contributed by atoms with Gasteiger partial charge >= 0.3 is 0 Å². The molecule has 0 unspecified atom stereocenters. The first kappa shape index (κ1) is 17.3. The number of hydrogen-bond donors (Lipinski definition) is 1. The second kappa shape index (κ2) is 8.04. The summed E-state index contributed by atoms with van der Waals surface area (Å²) < 4.78 is 1.87. The van der Waals surface area contributed by atoms with E-state index < -0.39 is 0 Å². The lowest BCUT2D eigenvalue weighted by Crippen LogP contribution is -2.17. The van der Waals surface area contributed by atoms with Gasteiger partial charge in [-0.05, 0) is 24.6 Å². The lowest BCUT2D eigenvalue weighted by molar-refractivity contribution is 0.0955. The molecule has 0 spiro atoms. The summed E-state index contributed by atoms with van der Waals surface area (Å²) in [6.07, 6.45) is 3.20. The highest BCUT2D eigenvalue weighted by atomic mass is 32.2. The summed E-state index contributed by atoms with van der Waals surface area (Å²) in [6.45, 7) is 1.92. The van der Waals surface area contributed by atoms with E-state index in [1.807, 2.05) is 36.1 Å². The minimum Gasteiger partial charge on any atom is -0.312 e. The third kappa shape index (κ3) is 4.74. The van der Waals surface area contributed by atoms with E-state index in [4.69, 9.17) is 0 Å². The van der Waals surface area contributed by atoms with Crippen molar-refractivity contribution in [1.82, 2.24) is 25.2 Å². The summed E-state index contributed by atoms with van der Waals surface area (Å²) in [7, 11) is 1.91. The number of carbonyl (C=O) groups excluding carboxylic acids is 1. The normalized spacial score (nSPS) is 11.1. The summed E-state index contributed by atoms with van der Waals surface area (Å²) in [5, 5.41) is 15.5. The molecule has 0 saturated heterocycles. The molecule has 0 saturated carbocycles. The van der Waals surface area contributed by atoms with E-state index >= 15 is 0 Å². The lowest BCUT2D eigenvalue weighted by Gasteiger charge is -2.03. The van der Waals surface area contributed by atoms with Gasteiger partial charge in [-0.15, -0.1) is 21.5 Å². The molecule has 9 heteroatoms. The Labute approximate surface area is 153 Å². The number of benzene rings is 1. The van der Waals surface area contributed by atoms with Crippen molar-refractivity contribution in [2.24, 2.45) is 12.1 Å². The van der Waals surface area contributed by atoms with Crippen LogP contribution in [0.2, 0.25) is 0 Å². The third-order valence-corrected chi connectivity index (χ3v) is 5.15. The van der Waals surface area contributed by atoms with Crippen molar-refractivity contribution < 1.29 is 4.79 Å². The van der Waals surface area contributed by atoms with Crippen molar-refractivity contribution in [2.45, 2.75) is 17.8 Å². The van der Waals surface area contributed by atoms with Gasteiger partial charge < -0.3 is 4.57 Å². The fraction of sp³-hybridized carbons (Fsp3) is 0.188. The van der Waals surface area contributed by atoms with E-state index in [0.717, 1.165) is 27.2 Å². The van der Waals surface area contributed by atoms with Crippen LogP contribution in [0.1, 0.15) is 26.6 Å². The summed E-state index contributed by atoms with van der Waals surface area (Å²) in [6, 6.07) is 7.41. The highest BCUT2D eigenvalue weighted by Crippen LogP contribution is 2.20. The summed E-state index contributed by atoms with van der Waals surface area (Å²) >= 11 is 3.13. The van der Waals surface area contributed by atoms with Crippen LogP contribution in [0.4, 0.5) is 0 Å². The Morgan fingerprint density at radius 2 is 2.20 bits per heavy atom. The van der Waals surface area contributed by atoms with E-state index in [2.05, 4.69) is 25.7 Å². The average molecular weight is 372 g/mol. The first-order valence-corrected chi connectivity index (χ1v) is 9.29. The van der Waals surface area contributed by atoms with E-state index in [0.29, 0.717) is 5.56 Å². The van der Waals surface area contributed by atoms with Gasteiger partial charge in [0.25, 0.3) is 5.91 Å². The monoisotopic (exact) mass is 372 g/mol. The van der Waals surface area contributed by atoms with E-state index in [9.17, 15) is 4.79 Å². The van der Waals surface area contributed by atoms with Crippen LogP contribution in [0.3, 0.4) is 0 Å². The van der Waals surface area contributed by atoms with Crippen molar-refractivity contribution in [1.29, 1.82) is 0 Å². The van der Waals surface area contributed by atoms with Crippen LogP contribution in [0, 0.1) is 6.92 Å². The average Bonchev–Trinajstić information content (AvgIpc) is 3.21. The molecule has 0 aliphatic carbocycles. The number of nitrogens with one attached hydrogen (secondary N) is 1. The molecule has 1 amide bonds. The number of rotatable bonds is 6. The predicted octanol–water partition coefficient (Wildman–Crippen LogP) is 2.64. The van der Waals surface area contributed by atoms with Crippen molar-refractivity contribution >= 4 is 35.2 Å². The standard InChI is InChI=1S/C16H16N6OS2/c1-11-19-14(9-24-11)7-17-20-15(23)13-5-3-12(4-6-13)8-25-16-21-18-10-22(16)2/h3-7,9-10H,8H2,1-2H3,(H,20,23)/b17-7-. The molecule has 2 aromatic heterocycles. The lowest BCUT2D eigenvalue weighted by atomic mass is 10.1. The molecule has 1 aromatic carbocycles. The summed E-state index contributed by atoms with van der Waals surface area (Å²) in [4.78, 5) is 16.3. The van der Waals surface area contributed by atoms with Crippen LogP contribution in [0.15, 0.2) is 46.2 Å². The molecule has 7 nitrogen and oxygen atoms in total. The topological polar surface area (TPSA) is 85.1 Å². The van der Waals surface area contributed by atoms with Crippen molar-refractivity contribution in [2.75, 3.05) is 0 Å². The number of hydrazone groups is 1. The van der Waals surface area contributed by atoms with Crippen LogP contribution < -0.4 is 5.43 Å². The quantitative estimate of drug-likeness (QED) is 0.408. The highest BCUT2D eigenvalue weighted by molar-refractivity contribution is 7.98. The molecule has 128 valence electrons. The van der Waals surface area contributed by atoms with E-state index in [-0.39, 0.29) is 5.91 Å². The van der Waals surface area contributed by atoms with Gasteiger partial charge in [0, 0.05) is 23.7 Å². The molecule has 3 aromatic rings. The Balaban J connectivity index is 1.53. The number of thioether (sulfide) groups is 1. The predicted molar refractivity (Wildman–Crippen MR) is 98.9 cm³/mol. The Hall–Kier alpha value is -2.52. The molecule has 2 heterocycles. The molecule has 3 rings (SSSR count). The molecule has 25 heavy (non-hydrogen) atoms. The van der Waals surface area contributed by atoms with Gasteiger partial charge in [0.15, 0.2) is 5.16 Å². The summed E-state index contributed by atoms with van der Waals surface area (Å²) in [5.74, 6) is 0.506. The number of amides is 1. The number of carbonyl (C=O) groups is 1. The zero-order valence-corrected chi connectivity index (χ0v) is 15.3. The number of aromatic nitrogens is 4. The zero-order chi connectivity index (χ0) is 17.6. The van der Waals surface area contributed by atoms with Crippen LogP contribution in [0.5, 0.6) is 0 Å². The largest absolute Gasteiger partial charge is 0.312 e. The van der Waals surface area contributed by atoms with Gasteiger partial charge in [-0.1, -0.05) is 23.9 Å². The first-order valence-electron chi connectivity index (χ1n) is 7.43. The molecule has 0 fully saturated rings. The molecule has 0 radical (unpaired) electrons. The van der Waals surface area contributed by atoms with Gasteiger partial charge in [0.1, 0.15) is 6.33 Å². The number of hydrogen-bond acceptors (Lipinski definition) is 7. The van der Waals surface area contributed by atoms with Gasteiger partial charge in [0.05, 0.1) is 16.9 Å². The van der Waals surface area contributed by atoms with Crippen molar-refractivity contribution in [3.63, 3.8) is 0 Å². The minimum atomic E-state index is -0.254. The fourth-order valence-corrected chi connectivity index (χ4v) is 3.37. The molecule has 0 aliphatic heterocycles. The second-order valence-corrected chi connectivity index (χ2v) is 7.21. The van der Waals surface area contributed by atoms with Crippen LogP contribution in [-0.2, 0) is 12.8 Å². The Kier molecular flexibility index (Phi) is 5.56. The zero-order valence-electron chi connectivity index (χ0n) is 13.7. The minimum absolute atomic E-state index is 0.254. The van der Waals surface area contributed by atoms with Gasteiger partial charge in [-0.2, -0.15) is 5.10 Å². The molecular formula is C16H16N6OS2. The van der Waals surface area contributed by atoms with Crippen molar-refractivity contribution in [3.05, 3.63) is 57.8 Å². The molecular weight excluding hydrogens is 356 g/mol. The Morgan fingerprint density at radius 3 is 2.84 bits per heavy atom. The highest BCUT2D eigenvalue weighted by Gasteiger charge is 2.06. The second-order valence-electron chi connectivity index (χ2n) is 5.20. The van der Waals surface area contributed by atoms with Crippen LogP contribution in [0.25, 0.3) is 0 Å². The molecule has 1 N–H and O–H groups in total. The van der Waals surface area contributed by atoms with Crippen LogP contribution >= 0.6 is 23.1 Å². The first-order chi connectivity index (χ1) is 12.1. The SMILES string of the molecule is Cc1nc(/C=N\NC(=O)c2ccc(CSc3nncn3C)cc2)cs1. The fourth-order valence-electron chi connectivity index (χ4n) is 1.96. The van der Waals surface area contributed by atoms with E-state index in [1.54, 1.807) is 30.2 Å². The maximum Gasteiger partial charge on any atom is 0.271 e. The number of thiazole rings is 1. The Bertz CT molecular complexity index is 884. The van der Waals surface area contributed by atoms with Crippen molar-refractivity contribution in [3.8, 4) is 0 Å². The third-order valence-electron chi connectivity index (χ3n) is 3.25. The van der Waals surface area contributed by atoms with E-state index in [1.165, 1.54) is 17.6 Å². The number of nitrogens with zero attached hydrogens (tertiary/aromatic N) is 5. The van der Waals surface area contributed by atoms with Gasteiger partial charge in [-0.3, -0.25) is 4.79 Å². The molecule has 0 bridgehead atoms. The van der Waals surface area contributed by atoms with Gasteiger partial charge in [-0.25, -0.2) is 10.4 Å². The maximum atomic E-state index is 12.1. The Morgan fingerprint density at radius 1 is 1.40 bits per heavy atom. The van der Waals surface area contributed by atoms with Crippen LogP contribution in [-0.4, -0.2) is 31.9 Å². The molecule has 0 atom stereocenters. The van der Waals surface area contributed by atoms with Gasteiger partial charge in [0.2, 0.25) is 0 Å². The summed E-state index contributed by atoms with van der Waals surface area (Å²) in [5.41, 5.74) is 4.90. The maximum absolute atomic E-state index is 12.1. The number of aryl methyl sites for hydroxylation is 2.